The standard InChI is InChI=1S/C22H21Cl2NO4S/c1-4-28-19-9-14(5-8-18(19)29-13(2)3)10-20-21(26)25(22(27)30-20)12-15-6-7-16(23)11-17(15)24/h5-11,13H,4,12H2,1-3H3/b20-10+. The Balaban J connectivity index is 1.83. The lowest BCUT2D eigenvalue weighted by Gasteiger charge is -2.15. The topological polar surface area (TPSA) is 55.8 Å². The zero-order valence-electron chi connectivity index (χ0n) is 16.8. The van der Waals surface area contributed by atoms with E-state index in [4.69, 9.17) is 32.7 Å². The molecule has 2 aromatic carbocycles. The second-order valence-electron chi connectivity index (χ2n) is 6.81. The number of benzene rings is 2. The minimum absolute atomic E-state index is 0.00578. The van der Waals surface area contributed by atoms with Crippen molar-refractivity contribution in [2.75, 3.05) is 6.61 Å². The van der Waals surface area contributed by atoms with Crippen molar-refractivity contribution in [2.45, 2.75) is 33.4 Å². The van der Waals surface area contributed by atoms with Gasteiger partial charge < -0.3 is 9.47 Å². The molecule has 3 rings (SSSR count). The van der Waals surface area contributed by atoms with Gasteiger partial charge in [-0.05, 0) is 74.0 Å². The van der Waals surface area contributed by atoms with E-state index in [1.807, 2.05) is 26.8 Å². The summed E-state index contributed by atoms with van der Waals surface area (Å²) < 4.78 is 11.4. The highest BCUT2D eigenvalue weighted by Crippen LogP contribution is 2.36. The minimum atomic E-state index is -0.364. The van der Waals surface area contributed by atoms with Crippen molar-refractivity contribution in [3.63, 3.8) is 0 Å². The molecule has 8 heteroatoms. The summed E-state index contributed by atoms with van der Waals surface area (Å²) in [6, 6.07) is 10.4. The van der Waals surface area contributed by atoms with E-state index in [-0.39, 0.29) is 23.8 Å². The lowest BCUT2D eigenvalue weighted by atomic mass is 10.1. The summed E-state index contributed by atoms with van der Waals surface area (Å²) in [6.45, 7) is 6.33. The van der Waals surface area contributed by atoms with Crippen LogP contribution >= 0.6 is 35.0 Å². The van der Waals surface area contributed by atoms with Gasteiger partial charge in [-0.15, -0.1) is 0 Å². The van der Waals surface area contributed by atoms with Gasteiger partial charge in [-0.2, -0.15) is 0 Å². The van der Waals surface area contributed by atoms with Gasteiger partial charge >= 0.3 is 0 Å². The first-order valence-electron chi connectivity index (χ1n) is 9.41. The van der Waals surface area contributed by atoms with Crippen molar-refractivity contribution in [1.29, 1.82) is 0 Å². The molecule has 0 atom stereocenters. The molecule has 30 heavy (non-hydrogen) atoms. The summed E-state index contributed by atoms with van der Waals surface area (Å²) in [5.74, 6) is 0.859. The first-order valence-corrected chi connectivity index (χ1v) is 11.0. The molecule has 1 fully saturated rings. The minimum Gasteiger partial charge on any atom is -0.490 e. The number of thioether (sulfide) groups is 1. The van der Waals surface area contributed by atoms with Crippen LogP contribution < -0.4 is 9.47 Å². The van der Waals surface area contributed by atoms with Gasteiger partial charge in [0.05, 0.1) is 24.2 Å². The number of carbonyl (C=O) groups excluding carboxylic acids is 2. The van der Waals surface area contributed by atoms with Crippen LogP contribution in [0, 0.1) is 0 Å². The zero-order chi connectivity index (χ0) is 21.8. The number of carbonyl (C=O) groups is 2. The van der Waals surface area contributed by atoms with E-state index in [1.165, 1.54) is 4.90 Å². The van der Waals surface area contributed by atoms with Crippen LogP contribution in [0.2, 0.25) is 10.0 Å². The predicted octanol–water partition coefficient (Wildman–Crippen LogP) is 6.42. The first-order chi connectivity index (χ1) is 14.3. The zero-order valence-corrected chi connectivity index (χ0v) is 19.1. The number of imide groups is 1. The highest BCUT2D eigenvalue weighted by Gasteiger charge is 2.35. The summed E-state index contributed by atoms with van der Waals surface area (Å²) in [5, 5.41) is 0.558. The fourth-order valence-electron chi connectivity index (χ4n) is 2.84. The van der Waals surface area contributed by atoms with Gasteiger partial charge in [0.25, 0.3) is 11.1 Å². The van der Waals surface area contributed by atoms with Gasteiger partial charge in [0, 0.05) is 10.0 Å². The van der Waals surface area contributed by atoms with Crippen LogP contribution in [0.1, 0.15) is 31.9 Å². The van der Waals surface area contributed by atoms with E-state index >= 15 is 0 Å². The second kappa shape index (κ2) is 9.77. The van der Waals surface area contributed by atoms with Gasteiger partial charge in [-0.1, -0.05) is 35.3 Å². The van der Waals surface area contributed by atoms with Crippen LogP contribution in [-0.4, -0.2) is 28.8 Å². The summed E-state index contributed by atoms with van der Waals surface area (Å²) >= 11 is 13.0. The molecule has 0 unspecified atom stereocenters. The van der Waals surface area contributed by atoms with Crippen LogP contribution in [0.25, 0.3) is 6.08 Å². The number of ether oxygens (including phenoxy) is 2. The Bertz CT molecular complexity index is 1010. The van der Waals surface area contributed by atoms with E-state index in [0.717, 1.165) is 17.3 Å². The van der Waals surface area contributed by atoms with Gasteiger partial charge in [0.15, 0.2) is 11.5 Å². The first kappa shape index (κ1) is 22.5. The van der Waals surface area contributed by atoms with Crippen molar-refractivity contribution < 1.29 is 19.1 Å². The maximum Gasteiger partial charge on any atom is 0.293 e. The molecular weight excluding hydrogens is 445 g/mol. The summed E-state index contributed by atoms with van der Waals surface area (Å²) in [7, 11) is 0. The maximum atomic E-state index is 12.8. The average Bonchev–Trinajstić information content (AvgIpc) is 2.93. The van der Waals surface area contributed by atoms with Crippen molar-refractivity contribution >= 4 is 52.2 Å². The lowest BCUT2D eigenvalue weighted by molar-refractivity contribution is -0.123. The largest absolute Gasteiger partial charge is 0.490 e. The molecule has 0 aromatic heterocycles. The number of rotatable bonds is 7. The Kier molecular flexibility index (Phi) is 7.34. The summed E-state index contributed by atoms with van der Waals surface area (Å²) in [5.41, 5.74) is 1.39. The highest BCUT2D eigenvalue weighted by atomic mass is 35.5. The molecule has 5 nitrogen and oxygen atoms in total. The average molecular weight is 466 g/mol. The van der Waals surface area contributed by atoms with Crippen LogP contribution in [0.15, 0.2) is 41.3 Å². The van der Waals surface area contributed by atoms with Gasteiger partial charge in [0.2, 0.25) is 0 Å². The predicted molar refractivity (Wildman–Crippen MR) is 121 cm³/mol. The molecule has 1 aliphatic rings. The van der Waals surface area contributed by atoms with Crippen LogP contribution in [0.3, 0.4) is 0 Å². The molecule has 2 aromatic rings. The highest BCUT2D eigenvalue weighted by molar-refractivity contribution is 8.18. The molecule has 0 radical (unpaired) electrons. The smallest absolute Gasteiger partial charge is 0.293 e. The lowest BCUT2D eigenvalue weighted by Crippen LogP contribution is -2.27. The fraction of sp³-hybridized carbons (Fsp3) is 0.273. The molecule has 0 aliphatic carbocycles. The molecular formula is C22H21Cl2NO4S. The van der Waals surface area contributed by atoms with Gasteiger partial charge in [-0.3, -0.25) is 14.5 Å². The fourth-order valence-corrected chi connectivity index (χ4v) is 4.15. The maximum absolute atomic E-state index is 12.8. The molecule has 1 heterocycles. The van der Waals surface area contributed by atoms with E-state index in [1.54, 1.807) is 36.4 Å². The normalized spacial score (nSPS) is 15.4. The van der Waals surface area contributed by atoms with Crippen molar-refractivity contribution in [1.82, 2.24) is 4.90 Å². The molecule has 158 valence electrons. The van der Waals surface area contributed by atoms with E-state index in [0.29, 0.717) is 38.6 Å². The molecule has 1 aliphatic heterocycles. The van der Waals surface area contributed by atoms with E-state index in [2.05, 4.69) is 0 Å². The van der Waals surface area contributed by atoms with Crippen LogP contribution in [0.5, 0.6) is 11.5 Å². The Morgan fingerprint density at radius 2 is 1.87 bits per heavy atom. The third-order valence-electron chi connectivity index (χ3n) is 4.15. The molecule has 0 spiro atoms. The van der Waals surface area contributed by atoms with Crippen molar-refractivity contribution in [3.8, 4) is 11.5 Å². The summed E-state index contributed by atoms with van der Waals surface area (Å²) in [6.07, 6.45) is 1.68. The van der Waals surface area contributed by atoms with Crippen molar-refractivity contribution in [3.05, 3.63) is 62.5 Å². The molecule has 2 amide bonds. The Hall–Kier alpha value is -2.15. The Morgan fingerprint density at radius 3 is 2.53 bits per heavy atom. The number of hydrogen-bond donors (Lipinski definition) is 0. The van der Waals surface area contributed by atoms with E-state index < -0.39 is 0 Å². The third-order valence-corrected chi connectivity index (χ3v) is 5.64. The second-order valence-corrected chi connectivity index (χ2v) is 8.65. The number of nitrogens with zero attached hydrogens (tertiary/aromatic N) is 1. The molecule has 1 saturated heterocycles. The van der Waals surface area contributed by atoms with E-state index in [9.17, 15) is 9.59 Å². The monoisotopic (exact) mass is 465 g/mol. The number of hydrogen-bond acceptors (Lipinski definition) is 5. The van der Waals surface area contributed by atoms with Gasteiger partial charge in [-0.25, -0.2) is 0 Å². The molecule has 0 N–H and O–H groups in total. The SMILES string of the molecule is CCOc1cc(/C=C2/SC(=O)N(Cc3ccc(Cl)cc3Cl)C2=O)ccc1OC(C)C. The Labute approximate surface area is 189 Å². The third kappa shape index (κ3) is 5.31. The van der Waals surface area contributed by atoms with Crippen LogP contribution in [0.4, 0.5) is 4.79 Å². The van der Waals surface area contributed by atoms with Crippen molar-refractivity contribution in [2.24, 2.45) is 0 Å². The molecule has 0 saturated carbocycles. The van der Waals surface area contributed by atoms with Gasteiger partial charge in [0.1, 0.15) is 0 Å². The quantitative estimate of drug-likeness (QED) is 0.441. The number of halogens is 2. The molecule has 0 bridgehead atoms. The van der Waals surface area contributed by atoms with Crippen LogP contribution in [-0.2, 0) is 11.3 Å². The summed E-state index contributed by atoms with van der Waals surface area (Å²) in [4.78, 5) is 26.8. The number of amides is 2. The Morgan fingerprint density at radius 1 is 1.10 bits per heavy atom.